The van der Waals surface area contributed by atoms with Crippen LogP contribution in [0.2, 0.25) is 0 Å². The average Bonchev–Trinajstić information content (AvgIpc) is 2.34. The number of nitrogens with zero attached hydrogens (tertiary/aromatic N) is 3. The SMILES string of the molecule is CCN=C(C)N(C)CC[C@@H](CN(C)S(C)(=O)=O)OCC. The van der Waals surface area contributed by atoms with Crippen LogP contribution >= 0.6 is 0 Å². The fraction of sp³-hybridized carbons (Fsp3) is 0.923. The fourth-order valence-electron chi connectivity index (χ4n) is 1.73. The van der Waals surface area contributed by atoms with Crippen molar-refractivity contribution in [3.8, 4) is 0 Å². The number of rotatable bonds is 9. The zero-order valence-corrected chi connectivity index (χ0v) is 14.4. The van der Waals surface area contributed by atoms with Gasteiger partial charge in [0.2, 0.25) is 10.0 Å². The molecule has 20 heavy (non-hydrogen) atoms. The van der Waals surface area contributed by atoms with Gasteiger partial charge in [-0.3, -0.25) is 4.99 Å². The molecule has 0 bridgehead atoms. The summed E-state index contributed by atoms with van der Waals surface area (Å²) in [5.41, 5.74) is 0. The standard InChI is InChI=1S/C13H29N3O3S/c1-7-14-12(3)15(4)10-9-13(19-8-2)11-16(5)20(6,17)18/h13H,7-11H2,1-6H3/t13-/m0/s1. The molecule has 0 saturated carbocycles. The summed E-state index contributed by atoms with van der Waals surface area (Å²) < 4.78 is 29.8. The monoisotopic (exact) mass is 307 g/mol. The second-order valence-electron chi connectivity index (χ2n) is 4.85. The molecule has 6 nitrogen and oxygen atoms in total. The number of aliphatic imine (C=N–C) groups is 1. The summed E-state index contributed by atoms with van der Waals surface area (Å²) in [7, 11) is 0.398. The molecule has 1 atom stereocenters. The molecule has 0 unspecified atom stereocenters. The number of hydrogen-bond acceptors (Lipinski definition) is 4. The molecule has 0 amide bonds. The maximum absolute atomic E-state index is 11.4. The van der Waals surface area contributed by atoms with Crippen LogP contribution in [0.15, 0.2) is 4.99 Å². The first-order valence-electron chi connectivity index (χ1n) is 6.97. The van der Waals surface area contributed by atoms with Gasteiger partial charge in [0.15, 0.2) is 0 Å². The molecule has 0 aromatic heterocycles. The van der Waals surface area contributed by atoms with Crippen LogP contribution in [0.1, 0.15) is 27.2 Å². The van der Waals surface area contributed by atoms with Crippen LogP contribution in [0.4, 0.5) is 0 Å². The number of sulfonamides is 1. The minimum atomic E-state index is -3.16. The van der Waals surface area contributed by atoms with E-state index < -0.39 is 10.0 Å². The Kier molecular flexibility index (Phi) is 9.00. The Morgan fingerprint density at radius 3 is 2.35 bits per heavy atom. The molecule has 0 aliphatic rings. The maximum Gasteiger partial charge on any atom is 0.211 e. The predicted molar refractivity (Wildman–Crippen MR) is 83.8 cm³/mol. The molecular weight excluding hydrogens is 278 g/mol. The van der Waals surface area contributed by atoms with Crippen molar-refractivity contribution in [3.05, 3.63) is 0 Å². The third-order valence-corrected chi connectivity index (χ3v) is 4.44. The van der Waals surface area contributed by atoms with Gasteiger partial charge in [0.05, 0.1) is 18.2 Å². The minimum Gasteiger partial charge on any atom is -0.377 e. The Balaban J connectivity index is 4.45. The van der Waals surface area contributed by atoms with Crippen LogP contribution in [0.3, 0.4) is 0 Å². The van der Waals surface area contributed by atoms with Crippen molar-refractivity contribution in [2.45, 2.75) is 33.3 Å². The summed E-state index contributed by atoms with van der Waals surface area (Å²) in [5.74, 6) is 0.985. The molecule has 120 valence electrons. The number of hydrogen-bond donors (Lipinski definition) is 0. The Hall–Kier alpha value is -0.660. The van der Waals surface area contributed by atoms with E-state index in [1.54, 1.807) is 7.05 Å². The maximum atomic E-state index is 11.4. The van der Waals surface area contributed by atoms with E-state index in [-0.39, 0.29) is 6.10 Å². The normalized spacial score (nSPS) is 14.7. The molecule has 0 aliphatic heterocycles. The summed E-state index contributed by atoms with van der Waals surface area (Å²) in [4.78, 5) is 6.41. The van der Waals surface area contributed by atoms with Crippen LogP contribution in [0.5, 0.6) is 0 Å². The zero-order valence-electron chi connectivity index (χ0n) is 13.6. The molecule has 0 rings (SSSR count). The first kappa shape index (κ1) is 19.3. The Morgan fingerprint density at radius 2 is 1.90 bits per heavy atom. The van der Waals surface area contributed by atoms with Crippen LogP contribution in [0, 0.1) is 0 Å². The van der Waals surface area contributed by atoms with Gasteiger partial charge in [0.25, 0.3) is 0 Å². The van der Waals surface area contributed by atoms with Gasteiger partial charge in [-0.1, -0.05) is 0 Å². The van der Waals surface area contributed by atoms with E-state index in [0.29, 0.717) is 13.2 Å². The Bertz CT molecular complexity index is 396. The summed E-state index contributed by atoms with van der Waals surface area (Å²) in [6.45, 7) is 8.40. The Labute approximate surface area is 123 Å². The van der Waals surface area contributed by atoms with Crippen molar-refractivity contribution in [1.82, 2.24) is 9.21 Å². The highest BCUT2D eigenvalue weighted by molar-refractivity contribution is 7.88. The lowest BCUT2D eigenvalue weighted by atomic mass is 10.2. The van der Waals surface area contributed by atoms with Crippen LogP contribution < -0.4 is 0 Å². The van der Waals surface area contributed by atoms with E-state index in [2.05, 4.69) is 9.89 Å². The second-order valence-corrected chi connectivity index (χ2v) is 6.94. The summed E-state index contributed by atoms with van der Waals surface area (Å²) >= 11 is 0. The van der Waals surface area contributed by atoms with E-state index in [1.165, 1.54) is 10.6 Å². The number of likely N-dealkylation sites (N-methyl/N-ethyl adjacent to an activating group) is 1. The van der Waals surface area contributed by atoms with E-state index >= 15 is 0 Å². The average molecular weight is 307 g/mol. The van der Waals surface area contributed by atoms with Gasteiger partial charge in [-0.25, -0.2) is 12.7 Å². The highest BCUT2D eigenvalue weighted by atomic mass is 32.2. The minimum absolute atomic E-state index is 0.100. The molecule has 0 spiro atoms. The summed E-state index contributed by atoms with van der Waals surface area (Å²) in [6, 6.07) is 0. The van der Waals surface area contributed by atoms with Crippen molar-refractivity contribution in [3.63, 3.8) is 0 Å². The fourth-order valence-corrected chi connectivity index (χ4v) is 2.17. The summed E-state index contributed by atoms with van der Waals surface area (Å²) in [6.07, 6.45) is 1.87. The third-order valence-electron chi connectivity index (χ3n) is 3.16. The molecule has 0 saturated heterocycles. The largest absolute Gasteiger partial charge is 0.377 e. The first-order chi connectivity index (χ1) is 9.22. The van der Waals surface area contributed by atoms with Gasteiger partial charge in [0, 0.05) is 40.3 Å². The van der Waals surface area contributed by atoms with Crippen molar-refractivity contribution >= 4 is 15.9 Å². The second kappa shape index (κ2) is 9.31. The molecule has 0 aliphatic carbocycles. The van der Waals surface area contributed by atoms with Gasteiger partial charge in [-0.15, -0.1) is 0 Å². The van der Waals surface area contributed by atoms with Crippen LogP contribution in [0.25, 0.3) is 0 Å². The molecule has 0 N–H and O–H groups in total. The number of amidine groups is 1. The third kappa shape index (κ3) is 7.81. The van der Waals surface area contributed by atoms with Crippen molar-refractivity contribution in [2.24, 2.45) is 4.99 Å². The van der Waals surface area contributed by atoms with Crippen molar-refractivity contribution in [2.75, 3.05) is 46.6 Å². The topological polar surface area (TPSA) is 62.2 Å². The highest BCUT2D eigenvalue weighted by Gasteiger charge is 2.18. The lowest BCUT2D eigenvalue weighted by Gasteiger charge is -2.25. The quantitative estimate of drug-likeness (QED) is 0.472. The molecular formula is C13H29N3O3S. The molecule has 0 fully saturated rings. The molecule has 0 radical (unpaired) electrons. The lowest BCUT2D eigenvalue weighted by Crippen LogP contribution is -2.37. The van der Waals surface area contributed by atoms with Crippen LogP contribution in [-0.4, -0.2) is 76.2 Å². The smallest absolute Gasteiger partial charge is 0.211 e. The van der Waals surface area contributed by atoms with E-state index in [1.807, 2.05) is 27.8 Å². The van der Waals surface area contributed by atoms with Crippen LogP contribution in [-0.2, 0) is 14.8 Å². The molecule has 0 aromatic rings. The summed E-state index contributed by atoms with van der Waals surface area (Å²) in [5, 5.41) is 0. The van der Waals surface area contributed by atoms with Gasteiger partial charge in [-0.05, 0) is 27.2 Å². The lowest BCUT2D eigenvalue weighted by molar-refractivity contribution is 0.0439. The van der Waals surface area contributed by atoms with Crippen molar-refractivity contribution < 1.29 is 13.2 Å². The van der Waals surface area contributed by atoms with Gasteiger partial charge in [0.1, 0.15) is 0 Å². The number of ether oxygens (including phenoxy) is 1. The van der Waals surface area contributed by atoms with Gasteiger partial charge >= 0.3 is 0 Å². The van der Waals surface area contributed by atoms with E-state index in [0.717, 1.165) is 25.3 Å². The first-order valence-corrected chi connectivity index (χ1v) is 8.82. The molecule has 0 aromatic carbocycles. The molecule has 0 heterocycles. The van der Waals surface area contributed by atoms with E-state index in [4.69, 9.17) is 4.74 Å². The molecule has 7 heteroatoms. The zero-order chi connectivity index (χ0) is 15.8. The highest BCUT2D eigenvalue weighted by Crippen LogP contribution is 2.06. The Morgan fingerprint density at radius 1 is 1.30 bits per heavy atom. The van der Waals surface area contributed by atoms with Gasteiger partial charge in [-0.2, -0.15) is 0 Å². The van der Waals surface area contributed by atoms with Crippen molar-refractivity contribution in [1.29, 1.82) is 0 Å². The predicted octanol–water partition coefficient (Wildman–Crippen LogP) is 1.04. The van der Waals surface area contributed by atoms with Gasteiger partial charge < -0.3 is 9.64 Å². The van der Waals surface area contributed by atoms with E-state index in [9.17, 15) is 8.42 Å².